The first kappa shape index (κ1) is 22.8. The number of hydrogen-bond acceptors (Lipinski definition) is 7. The number of aromatic hydroxyl groups is 1. The topological polar surface area (TPSA) is 138 Å². The number of fused-ring (bicyclic) bond motifs is 1. The first-order valence-corrected chi connectivity index (χ1v) is 10.3. The molecule has 2 aromatic carbocycles. The van der Waals surface area contributed by atoms with E-state index in [1.54, 1.807) is 6.92 Å². The van der Waals surface area contributed by atoms with Gasteiger partial charge in [-0.25, -0.2) is 0 Å². The van der Waals surface area contributed by atoms with Crippen molar-refractivity contribution in [3.63, 3.8) is 0 Å². The van der Waals surface area contributed by atoms with Gasteiger partial charge < -0.3 is 20.3 Å². The smallest absolute Gasteiger partial charge is 0.279 e. The van der Waals surface area contributed by atoms with Crippen LogP contribution in [0.3, 0.4) is 0 Å². The molecule has 9 nitrogen and oxygen atoms in total. The minimum absolute atomic E-state index is 0.0147. The number of rotatable bonds is 9. The lowest BCUT2D eigenvalue weighted by Gasteiger charge is -2.26. The number of phenols is 1. The summed E-state index contributed by atoms with van der Waals surface area (Å²) in [5.74, 6) is -0.733. The van der Waals surface area contributed by atoms with E-state index in [9.17, 15) is 25.1 Å². The molecule has 0 aliphatic carbocycles. The normalized spacial score (nSPS) is 11.8. The summed E-state index contributed by atoms with van der Waals surface area (Å²) >= 11 is 0. The minimum Gasteiger partial charge on any atom is -0.871 e. The number of carbonyl (C=O) groups is 1. The summed E-state index contributed by atoms with van der Waals surface area (Å²) in [6, 6.07) is 7.63. The van der Waals surface area contributed by atoms with Gasteiger partial charge in [0.2, 0.25) is 5.91 Å². The maximum atomic E-state index is 13.3. The van der Waals surface area contributed by atoms with Gasteiger partial charge in [-0.05, 0) is 48.7 Å². The number of phenolic OH excluding ortho intramolecular Hbond substituents is 1. The fourth-order valence-corrected chi connectivity index (χ4v) is 3.48. The van der Waals surface area contributed by atoms with Crippen molar-refractivity contribution in [2.24, 2.45) is 0 Å². The Labute approximate surface area is 184 Å². The van der Waals surface area contributed by atoms with E-state index in [1.807, 2.05) is 6.92 Å². The third kappa shape index (κ3) is 4.72. The van der Waals surface area contributed by atoms with Crippen LogP contribution >= 0.6 is 0 Å². The monoisotopic (exact) mass is 438 g/mol. The number of hydrogen-bond donors (Lipinski definition) is 2. The first-order valence-electron chi connectivity index (χ1n) is 10.3. The quantitative estimate of drug-likeness (QED) is 0.383. The van der Waals surface area contributed by atoms with Crippen LogP contribution in [0.1, 0.15) is 50.3 Å². The molecule has 32 heavy (non-hydrogen) atoms. The highest BCUT2D eigenvalue weighted by molar-refractivity contribution is 5.93. The predicted octanol–water partition coefficient (Wildman–Crippen LogP) is 3.72. The molecule has 9 heteroatoms. The number of nitro groups is 1. The molecule has 1 atom stereocenters. The Kier molecular flexibility index (Phi) is 7.09. The molecule has 1 heterocycles. The minimum atomic E-state index is -0.989. The van der Waals surface area contributed by atoms with E-state index in [0.717, 1.165) is 6.42 Å². The number of non-ortho nitro benzene ring substituents is 1. The summed E-state index contributed by atoms with van der Waals surface area (Å²) in [6.07, 6.45) is 3.09. The van der Waals surface area contributed by atoms with Gasteiger partial charge in [0.05, 0.1) is 28.5 Å². The van der Waals surface area contributed by atoms with Gasteiger partial charge in [0.15, 0.2) is 11.5 Å². The van der Waals surface area contributed by atoms with Gasteiger partial charge in [-0.15, -0.1) is 0 Å². The number of aromatic nitrogens is 1. The summed E-state index contributed by atoms with van der Waals surface area (Å²) in [5.41, 5.74) is 0.131. The Balaban J connectivity index is 2.21. The van der Waals surface area contributed by atoms with Crippen LogP contribution in [0.4, 0.5) is 5.69 Å². The van der Waals surface area contributed by atoms with Gasteiger partial charge in [0.1, 0.15) is 0 Å². The lowest BCUT2D eigenvalue weighted by molar-refractivity contribution is -0.383. The number of nitrogens with one attached hydrogen (secondary N) is 1. The van der Waals surface area contributed by atoms with Crippen molar-refractivity contribution >= 4 is 22.5 Å². The molecular weight excluding hydrogens is 414 g/mol. The van der Waals surface area contributed by atoms with Gasteiger partial charge in [-0.1, -0.05) is 25.2 Å². The Morgan fingerprint density at radius 1 is 1.28 bits per heavy atom. The summed E-state index contributed by atoms with van der Waals surface area (Å²) in [7, 11) is 0. The van der Waals surface area contributed by atoms with Gasteiger partial charge in [-0.3, -0.25) is 19.9 Å². The molecule has 3 aromatic rings. The van der Waals surface area contributed by atoms with Crippen molar-refractivity contribution in [3.05, 3.63) is 63.8 Å². The van der Waals surface area contributed by atoms with E-state index in [-0.39, 0.29) is 46.0 Å². The highest BCUT2D eigenvalue weighted by atomic mass is 16.6. The largest absolute Gasteiger partial charge is 0.871 e. The molecule has 0 aliphatic heterocycles. The average molecular weight is 438 g/mol. The summed E-state index contributed by atoms with van der Waals surface area (Å²) < 4.78 is 5.43. The standard InChI is InChI=1S/C23H25N3O6/c1-3-5-8-20(28)25-21(14-9-10-18(27)19(12-14)32-4-2)16-13-17(26(30)31)15-7-6-11-24-22(15)23(16)29/h6-7,9-13,21,27,29H,3-5,8H2,1-2H3,(H,25,28)/p-1/t21-/m0/s1. The van der Waals surface area contributed by atoms with Crippen molar-refractivity contribution in [1.82, 2.24) is 10.3 Å². The molecule has 0 saturated carbocycles. The second-order valence-electron chi connectivity index (χ2n) is 7.23. The second kappa shape index (κ2) is 9.95. The van der Waals surface area contributed by atoms with E-state index >= 15 is 0 Å². The number of pyridine rings is 1. The highest BCUT2D eigenvalue weighted by Crippen LogP contribution is 2.39. The van der Waals surface area contributed by atoms with E-state index in [1.165, 1.54) is 42.6 Å². The third-order valence-corrected chi connectivity index (χ3v) is 5.04. The molecule has 0 spiro atoms. The molecule has 1 amide bonds. The van der Waals surface area contributed by atoms with Crippen molar-refractivity contribution in [2.45, 2.75) is 39.2 Å². The Morgan fingerprint density at radius 3 is 2.75 bits per heavy atom. The SMILES string of the molecule is CCCCC(=O)N[C@@H](c1ccc(O)c(OCC)c1)c1cc([N+](=O)[O-])c2cccnc2c1[O-]. The molecule has 168 valence electrons. The second-order valence-corrected chi connectivity index (χ2v) is 7.23. The number of unbranched alkanes of at least 4 members (excludes halogenated alkanes) is 1. The Morgan fingerprint density at radius 2 is 2.06 bits per heavy atom. The number of nitro benzene ring substituents is 1. The van der Waals surface area contributed by atoms with Crippen LogP contribution in [-0.2, 0) is 4.79 Å². The molecule has 0 radical (unpaired) electrons. The molecular formula is C23H24N3O6-. The van der Waals surface area contributed by atoms with Gasteiger partial charge in [-0.2, -0.15) is 0 Å². The number of amides is 1. The lowest BCUT2D eigenvalue weighted by Crippen LogP contribution is -2.30. The number of ether oxygens (including phenoxy) is 1. The van der Waals surface area contributed by atoms with Gasteiger partial charge >= 0.3 is 0 Å². The molecule has 0 aliphatic rings. The van der Waals surface area contributed by atoms with Crippen molar-refractivity contribution in [3.8, 4) is 17.2 Å². The van der Waals surface area contributed by atoms with Crippen molar-refractivity contribution in [2.75, 3.05) is 6.61 Å². The molecule has 0 unspecified atom stereocenters. The van der Waals surface area contributed by atoms with E-state index in [4.69, 9.17) is 4.74 Å². The van der Waals surface area contributed by atoms with Crippen molar-refractivity contribution < 1.29 is 24.7 Å². The zero-order chi connectivity index (χ0) is 23.3. The highest BCUT2D eigenvalue weighted by Gasteiger charge is 2.24. The molecule has 0 saturated heterocycles. The summed E-state index contributed by atoms with van der Waals surface area (Å²) in [5, 5.41) is 38.0. The van der Waals surface area contributed by atoms with Crippen molar-refractivity contribution in [1.29, 1.82) is 0 Å². The maximum Gasteiger partial charge on any atom is 0.279 e. The molecule has 2 N–H and O–H groups in total. The van der Waals surface area contributed by atoms with Crippen LogP contribution in [-0.4, -0.2) is 27.5 Å². The summed E-state index contributed by atoms with van der Waals surface area (Å²) in [4.78, 5) is 27.8. The molecule has 0 fully saturated rings. The average Bonchev–Trinajstić information content (AvgIpc) is 2.78. The molecule has 0 bridgehead atoms. The maximum absolute atomic E-state index is 13.3. The van der Waals surface area contributed by atoms with Crippen LogP contribution < -0.4 is 15.2 Å². The van der Waals surface area contributed by atoms with Gasteiger partial charge in [0.25, 0.3) is 5.69 Å². The van der Waals surface area contributed by atoms with Crippen LogP contribution in [0.5, 0.6) is 17.2 Å². The van der Waals surface area contributed by atoms with Crippen LogP contribution in [0.15, 0.2) is 42.6 Å². The summed E-state index contributed by atoms with van der Waals surface area (Å²) in [6.45, 7) is 4.00. The fraction of sp³-hybridized carbons (Fsp3) is 0.304. The van der Waals surface area contributed by atoms with Crippen LogP contribution in [0.2, 0.25) is 0 Å². The lowest BCUT2D eigenvalue weighted by atomic mass is 9.94. The molecule has 1 aromatic heterocycles. The third-order valence-electron chi connectivity index (χ3n) is 5.04. The first-order chi connectivity index (χ1) is 15.4. The Bertz CT molecular complexity index is 1150. The Hall–Kier alpha value is -3.88. The van der Waals surface area contributed by atoms with E-state index in [0.29, 0.717) is 18.6 Å². The zero-order valence-electron chi connectivity index (χ0n) is 17.8. The number of carbonyl (C=O) groups excluding carboxylic acids is 1. The van der Waals surface area contributed by atoms with Gasteiger partial charge in [0, 0.05) is 18.7 Å². The van der Waals surface area contributed by atoms with Crippen LogP contribution in [0.25, 0.3) is 10.9 Å². The molecule has 3 rings (SSSR count). The van der Waals surface area contributed by atoms with E-state index in [2.05, 4.69) is 10.3 Å². The predicted molar refractivity (Wildman–Crippen MR) is 117 cm³/mol. The van der Waals surface area contributed by atoms with E-state index < -0.39 is 16.7 Å². The fourth-order valence-electron chi connectivity index (χ4n) is 3.48. The van der Waals surface area contributed by atoms with Crippen LogP contribution in [0, 0.1) is 10.1 Å². The zero-order valence-corrected chi connectivity index (χ0v) is 17.8. The number of benzene rings is 2. The number of nitrogens with zero attached hydrogens (tertiary/aromatic N) is 2.